The van der Waals surface area contributed by atoms with Crippen LogP contribution in [0.3, 0.4) is 0 Å². The summed E-state index contributed by atoms with van der Waals surface area (Å²) in [5.74, 6) is 0.375. The highest BCUT2D eigenvalue weighted by molar-refractivity contribution is 5.75. The van der Waals surface area contributed by atoms with Gasteiger partial charge < -0.3 is 9.72 Å². The second-order valence-electron chi connectivity index (χ2n) is 3.69. The van der Waals surface area contributed by atoms with Gasteiger partial charge in [0.2, 0.25) is 0 Å². The molecule has 0 radical (unpaired) electrons. The van der Waals surface area contributed by atoms with E-state index in [-0.39, 0.29) is 5.75 Å². The van der Waals surface area contributed by atoms with Gasteiger partial charge in [-0.05, 0) is 18.2 Å². The number of halogens is 1. The fourth-order valence-corrected chi connectivity index (χ4v) is 1.71. The van der Waals surface area contributed by atoms with Gasteiger partial charge in [-0.1, -0.05) is 0 Å². The third-order valence-electron chi connectivity index (χ3n) is 2.59. The Morgan fingerprint density at radius 1 is 1.33 bits per heavy atom. The molecule has 0 unspecified atom stereocenters. The SMILES string of the molecule is COc1cc(-c2nc3ncncc3[nH]2)ccc1F. The Morgan fingerprint density at radius 3 is 3.00 bits per heavy atom. The van der Waals surface area contributed by atoms with Crippen LogP contribution in [0.15, 0.2) is 30.7 Å². The number of ether oxygens (including phenoxy) is 1. The van der Waals surface area contributed by atoms with Gasteiger partial charge in [-0.3, -0.25) is 0 Å². The van der Waals surface area contributed by atoms with Crippen LogP contribution in [0.5, 0.6) is 5.75 Å². The summed E-state index contributed by atoms with van der Waals surface area (Å²) >= 11 is 0. The molecule has 0 bridgehead atoms. The zero-order valence-electron chi connectivity index (χ0n) is 9.51. The second-order valence-corrected chi connectivity index (χ2v) is 3.69. The molecule has 2 heterocycles. The number of hydrogen-bond donors (Lipinski definition) is 1. The summed E-state index contributed by atoms with van der Waals surface area (Å²) in [5.41, 5.74) is 2.03. The molecule has 18 heavy (non-hydrogen) atoms. The lowest BCUT2D eigenvalue weighted by atomic mass is 10.2. The van der Waals surface area contributed by atoms with Crippen LogP contribution in [0, 0.1) is 5.82 Å². The van der Waals surface area contributed by atoms with Crippen molar-refractivity contribution in [2.75, 3.05) is 7.11 Å². The van der Waals surface area contributed by atoms with Gasteiger partial charge in [0.15, 0.2) is 17.2 Å². The maximum atomic E-state index is 13.3. The molecule has 0 amide bonds. The van der Waals surface area contributed by atoms with Crippen molar-refractivity contribution in [1.29, 1.82) is 0 Å². The molecule has 3 rings (SSSR count). The summed E-state index contributed by atoms with van der Waals surface area (Å²) in [6.45, 7) is 0. The lowest BCUT2D eigenvalue weighted by Crippen LogP contribution is -1.89. The predicted molar refractivity (Wildman–Crippen MR) is 63.6 cm³/mol. The van der Waals surface area contributed by atoms with Crippen LogP contribution in [0.1, 0.15) is 0 Å². The van der Waals surface area contributed by atoms with E-state index in [9.17, 15) is 4.39 Å². The highest BCUT2D eigenvalue weighted by Gasteiger charge is 2.09. The number of aromatic amines is 1. The summed E-state index contributed by atoms with van der Waals surface area (Å²) in [6, 6.07) is 4.55. The van der Waals surface area contributed by atoms with Gasteiger partial charge in [0.1, 0.15) is 17.7 Å². The van der Waals surface area contributed by atoms with E-state index in [0.29, 0.717) is 11.5 Å². The van der Waals surface area contributed by atoms with Gasteiger partial charge in [0.25, 0.3) is 0 Å². The first-order chi connectivity index (χ1) is 8.78. The van der Waals surface area contributed by atoms with E-state index in [0.717, 1.165) is 11.1 Å². The first-order valence-corrected chi connectivity index (χ1v) is 5.27. The number of benzene rings is 1. The predicted octanol–water partition coefficient (Wildman–Crippen LogP) is 2.17. The smallest absolute Gasteiger partial charge is 0.181 e. The standard InChI is InChI=1S/C12H9FN4O/c1-18-10-4-7(2-3-8(10)13)11-16-9-5-14-6-15-12(9)17-11/h2-6H,1H3,(H,14,15,16,17). The number of hydrogen-bond acceptors (Lipinski definition) is 4. The van der Waals surface area contributed by atoms with E-state index < -0.39 is 5.82 Å². The molecule has 6 heteroatoms. The van der Waals surface area contributed by atoms with Crippen molar-refractivity contribution in [1.82, 2.24) is 19.9 Å². The normalized spacial score (nSPS) is 10.8. The van der Waals surface area contributed by atoms with E-state index in [1.54, 1.807) is 18.3 Å². The molecule has 2 aromatic heterocycles. The topological polar surface area (TPSA) is 63.7 Å². The van der Waals surface area contributed by atoms with E-state index >= 15 is 0 Å². The average molecular weight is 244 g/mol. The number of fused-ring (bicyclic) bond motifs is 1. The maximum absolute atomic E-state index is 13.3. The molecule has 1 aromatic carbocycles. The fraction of sp³-hybridized carbons (Fsp3) is 0.0833. The number of nitrogens with one attached hydrogen (secondary N) is 1. The summed E-state index contributed by atoms with van der Waals surface area (Å²) in [5, 5.41) is 0. The van der Waals surface area contributed by atoms with Gasteiger partial charge in [0, 0.05) is 5.56 Å². The molecule has 3 aromatic rings. The third kappa shape index (κ3) is 1.67. The Balaban J connectivity index is 2.13. The average Bonchev–Trinajstić information content (AvgIpc) is 2.83. The van der Waals surface area contributed by atoms with Gasteiger partial charge in [0.05, 0.1) is 13.3 Å². The molecule has 0 aliphatic rings. The Labute approximate surface area is 102 Å². The highest BCUT2D eigenvalue weighted by atomic mass is 19.1. The lowest BCUT2D eigenvalue weighted by molar-refractivity contribution is 0.387. The molecule has 0 saturated heterocycles. The molecule has 0 spiro atoms. The zero-order chi connectivity index (χ0) is 12.5. The van der Waals surface area contributed by atoms with Crippen LogP contribution < -0.4 is 4.74 Å². The van der Waals surface area contributed by atoms with Crippen molar-refractivity contribution in [3.8, 4) is 17.1 Å². The van der Waals surface area contributed by atoms with Gasteiger partial charge >= 0.3 is 0 Å². The van der Waals surface area contributed by atoms with Crippen LogP contribution in [-0.4, -0.2) is 27.0 Å². The summed E-state index contributed by atoms with van der Waals surface area (Å²) in [6.07, 6.45) is 3.07. The van der Waals surface area contributed by atoms with E-state index in [1.807, 2.05) is 0 Å². The van der Waals surface area contributed by atoms with E-state index in [4.69, 9.17) is 4.74 Å². The number of methoxy groups -OCH3 is 1. The Hall–Kier alpha value is -2.50. The third-order valence-corrected chi connectivity index (χ3v) is 2.59. The van der Waals surface area contributed by atoms with Gasteiger partial charge in [-0.25, -0.2) is 19.3 Å². The van der Waals surface area contributed by atoms with Crippen molar-refractivity contribution >= 4 is 11.2 Å². The first kappa shape index (κ1) is 10.6. The van der Waals surface area contributed by atoms with Crippen molar-refractivity contribution < 1.29 is 9.13 Å². The first-order valence-electron chi connectivity index (χ1n) is 5.27. The molecule has 0 aliphatic carbocycles. The molecule has 5 nitrogen and oxygen atoms in total. The number of H-pyrrole nitrogens is 1. The zero-order valence-corrected chi connectivity index (χ0v) is 9.51. The quantitative estimate of drug-likeness (QED) is 0.750. The van der Waals surface area contributed by atoms with Crippen molar-refractivity contribution in [2.24, 2.45) is 0 Å². The fourth-order valence-electron chi connectivity index (χ4n) is 1.71. The van der Waals surface area contributed by atoms with Crippen molar-refractivity contribution in [2.45, 2.75) is 0 Å². The largest absolute Gasteiger partial charge is 0.494 e. The van der Waals surface area contributed by atoms with E-state index in [1.165, 1.54) is 19.5 Å². The second kappa shape index (κ2) is 4.06. The summed E-state index contributed by atoms with van der Waals surface area (Å²) in [7, 11) is 1.42. The van der Waals surface area contributed by atoms with Crippen molar-refractivity contribution in [3.05, 3.63) is 36.5 Å². The number of aromatic nitrogens is 4. The van der Waals surface area contributed by atoms with Crippen LogP contribution in [0.2, 0.25) is 0 Å². The Bertz CT molecular complexity index is 677. The molecule has 0 fully saturated rings. The molecular formula is C12H9FN4O. The molecule has 1 N–H and O–H groups in total. The molecule has 0 atom stereocenters. The van der Waals surface area contributed by atoms with Crippen LogP contribution in [0.25, 0.3) is 22.6 Å². The lowest BCUT2D eigenvalue weighted by Gasteiger charge is -2.03. The van der Waals surface area contributed by atoms with Crippen molar-refractivity contribution in [3.63, 3.8) is 0 Å². The Morgan fingerprint density at radius 2 is 2.22 bits per heavy atom. The molecule has 90 valence electrons. The highest BCUT2D eigenvalue weighted by Crippen LogP contribution is 2.25. The van der Waals surface area contributed by atoms with Crippen LogP contribution in [-0.2, 0) is 0 Å². The van der Waals surface area contributed by atoms with Gasteiger partial charge in [-0.2, -0.15) is 0 Å². The minimum Gasteiger partial charge on any atom is -0.494 e. The van der Waals surface area contributed by atoms with Crippen LogP contribution >= 0.6 is 0 Å². The van der Waals surface area contributed by atoms with E-state index in [2.05, 4.69) is 19.9 Å². The monoisotopic (exact) mass is 244 g/mol. The van der Waals surface area contributed by atoms with Crippen LogP contribution in [0.4, 0.5) is 4.39 Å². The summed E-state index contributed by atoms with van der Waals surface area (Å²) in [4.78, 5) is 15.3. The molecule has 0 aliphatic heterocycles. The molecule has 0 saturated carbocycles. The minimum atomic E-state index is -0.405. The minimum absolute atomic E-state index is 0.180. The summed E-state index contributed by atoms with van der Waals surface area (Å²) < 4.78 is 18.2. The van der Waals surface area contributed by atoms with Gasteiger partial charge in [-0.15, -0.1) is 0 Å². The Kier molecular flexibility index (Phi) is 2.40. The molecular weight excluding hydrogens is 235 g/mol. The maximum Gasteiger partial charge on any atom is 0.181 e. The number of imidazole rings is 1. The number of nitrogens with zero attached hydrogens (tertiary/aromatic N) is 3. The number of rotatable bonds is 2.